The van der Waals surface area contributed by atoms with Gasteiger partial charge in [-0.25, -0.2) is 0 Å². The fraction of sp³-hybridized carbons (Fsp3) is 0.949. The molecule has 11 nitrogen and oxygen atoms in total. The minimum Gasteiger partial charge on any atom is -0.462 e. The Balaban J connectivity index is 1.01. The molecule has 2 unspecified atom stereocenters. The van der Waals surface area contributed by atoms with Crippen LogP contribution < -0.4 is 0 Å². The first-order valence-corrected chi connectivity index (χ1v) is 19.3. The summed E-state index contributed by atoms with van der Waals surface area (Å²) in [7, 11) is 0. The molecule has 50 heavy (non-hydrogen) atoms. The number of carbonyl (C=O) groups is 2. The van der Waals surface area contributed by atoms with Gasteiger partial charge in [0.05, 0.1) is 25.4 Å². The zero-order valence-corrected chi connectivity index (χ0v) is 31.1. The maximum Gasteiger partial charge on any atom is 0.303 e. The Morgan fingerprint density at radius 1 is 0.840 bits per heavy atom. The first kappa shape index (κ1) is 34.4. The third-order valence-corrected chi connectivity index (χ3v) is 16.9. The molecule has 9 fully saturated rings. The van der Waals surface area contributed by atoms with Gasteiger partial charge in [0.1, 0.15) is 30.0 Å². The topological polar surface area (TPSA) is 143 Å². The van der Waals surface area contributed by atoms with Crippen molar-refractivity contribution in [3.63, 3.8) is 0 Å². The van der Waals surface area contributed by atoms with Crippen LogP contribution in [0.1, 0.15) is 107 Å². The van der Waals surface area contributed by atoms with E-state index in [2.05, 4.69) is 41.5 Å². The van der Waals surface area contributed by atoms with Crippen LogP contribution in [-0.4, -0.2) is 95.8 Å². The Hall–Kier alpha value is -1.34. The summed E-state index contributed by atoms with van der Waals surface area (Å²) in [6.45, 7) is 17.3. The van der Waals surface area contributed by atoms with Crippen LogP contribution in [0.25, 0.3) is 0 Å². The molecule has 0 aromatic carbocycles. The second-order valence-corrected chi connectivity index (χ2v) is 19.5. The summed E-state index contributed by atoms with van der Waals surface area (Å²) < 4.78 is 43.9. The van der Waals surface area contributed by atoms with Crippen molar-refractivity contribution in [2.24, 2.45) is 50.7 Å². The number of fused-ring (bicyclic) bond motifs is 6. The molecule has 280 valence electrons. The lowest BCUT2D eigenvalue weighted by molar-refractivity contribution is -0.309. The largest absolute Gasteiger partial charge is 0.462 e. The van der Waals surface area contributed by atoms with Gasteiger partial charge >= 0.3 is 11.9 Å². The van der Waals surface area contributed by atoms with E-state index in [0.717, 1.165) is 51.4 Å². The van der Waals surface area contributed by atoms with Gasteiger partial charge < -0.3 is 43.4 Å². The van der Waals surface area contributed by atoms with E-state index in [1.54, 1.807) is 6.92 Å². The van der Waals surface area contributed by atoms with Crippen LogP contribution in [0.5, 0.6) is 0 Å². The van der Waals surface area contributed by atoms with Crippen molar-refractivity contribution < 1.29 is 53.0 Å². The summed E-state index contributed by atoms with van der Waals surface area (Å²) in [5.41, 5.74) is -0.622. The van der Waals surface area contributed by atoms with Crippen LogP contribution in [0.4, 0.5) is 0 Å². The number of esters is 2. The Morgan fingerprint density at radius 2 is 1.56 bits per heavy atom. The van der Waals surface area contributed by atoms with E-state index in [-0.39, 0.29) is 75.6 Å². The Morgan fingerprint density at radius 3 is 2.22 bits per heavy atom. The lowest BCUT2D eigenvalue weighted by Gasteiger charge is -2.65. The van der Waals surface area contributed by atoms with Crippen LogP contribution in [-0.2, 0) is 42.7 Å². The summed E-state index contributed by atoms with van der Waals surface area (Å²) in [4.78, 5) is 24.6. The highest BCUT2D eigenvalue weighted by Gasteiger charge is 2.86. The normalized spacial score (nSPS) is 59.6. The third-order valence-electron chi connectivity index (χ3n) is 16.9. The van der Waals surface area contributed by atoms with Crippen molar-refractivity contribution in [2.45, 2.75) is 167 Å². The van der Waals surface area contributed by atoms with Crippen molar-refractivity contribution in [3.8, 4) is 0 Å². The van der Waals surface area contributed by atoms with E-state index in [0.29, 0.717) is 24.4 Å². The molecular formula is C39H58O11. The van der Waals surface area contributed by atoms with Crippen LogP contribution in [0.2, 0.25) is 0 Å². The van der Waals surface area contributed by atoms with Crippen molar-refractivity contribution in [2.75, 3.05) is 13.2 Å². The molecule has 11 heteroatoms. The molecule has 3 spiro atoms. The number of aliphatic hydroxyl groups is 2. The zero-order chi connectivity index (χ0) is 35.6. The highest BCUT2D eigenvalue weighted by molar-refractivity contribution is 5.66. The maximum absolute atomic E-state index is 12.9. The molecule has 4 saturated heterocycles. The summed E-state index contributed by atoms with van der Waals surface area (Å²) in [5.74, 6) is -0.0196. The van der Waals surface area contributed by atoms with Gasteiger partial charge in [-0.3, -0.25) is 9.59 Å². The number of rotatable bonds is 4. The van der Waals surface area contributed by atoms with E-state index in [9.17, 15) is 19.8 Å². The van der Waals surface area contributed by atoms with Crippen molar-refractivity contribution in [1.82, 2.24) is 0 Å². The van der Waals surface area contributed by atoms with Gasteiger partial charge in [-0.05, 0) is 97.2 Å². The summed E-state index contributed by atoms with van der Waals surface area (Å²) in [5, 5.41) is 21.5. The van der Waals surface area contributed by atoms with Crippen molar-refractivity contribution in [1.29, 1.82) is 0 Å². The number of aliphatic hydroxyl groups excluding tert-OH is 2. The number of hydrogen-bond donors (Lipinski definition) is 2. The SMILES string of the molecule is CC(=O)O[C@@H]1[C@@H](O)[C@H](O[C@H]2CC[C@]34C[C@]35C[C@@H](OC(C)=O)[C@]3(C)[C@H]6[C@H](C)C[C@]7(OC[C@]8(C)O[C@H]78)O[C@H]6C[C@@]3(C)C5CCC4C2(C)C)OC[C@H]1O. The monoisotopic (exact) mass is 702 g/mol. The predicted octanol–water partition coefficient (Wildman–Crippen LogP) is 4.28. The van der Waals surface area contributed by atoms with Gasteiger partial charge in [0, 0.05) is 25.7 Å². The van der Waals surface area contributed by atoms with Crippen LogP contribution in [0.15, 0.2) is 0 Å². The van der Waals surface area contributed by atoms with Crippen LogP contribution in [0, 0.1) is 50.7 Å². The highest BCUT2D eigenvalue weighted by atomic mass is 16.8. The first-order chi connectivity index (χ1) is 23.4. The summed E-state index contributed by atoms with van der Waals surface area (Å²) >= 11 is 0. The van der Waals surface area contributed by atoms with Gasteiger partial charge in [0.2, 0.25) is 0 Å². The van der Waals surface area contributed by atoms with E-state index in [1.165, 1.54) is 6.92 Å². The first-order valence-electron chi connectivity index (χ1n) is 19.3. The average Bonchev–Trinajstić information content (AvgIpc) is 3.84. The zero-order valence-electron chi connectivity index (χ0n) is 31.1. The molecule has 0 aromatic heterocycles. The number of ether oxygens (including phenoxy) is 7. The van der Waals surface area contributed by atoms with Gasteiger partial charge in [-0.2, -0.15) is 0 Å². The molecule has 4 heterocycles. The van der Waals surface area contributed by atoms with Gasteiger partial charge in [-0.1, -0.05) is 34.6 Å². The predicted molar refractivity (Wildman–Crippen MR) is 176 cm³/mol. The smallest absolute Gasteiger partial charge is 0.303 e. The van der Waals surface area contributed by atoms with Gasteiger partial charge in [0.25, 0.3) is 0 Å². The minimum absolute atomic E-state index is 0.0118. The molecule has 0 aromatic rings. The molecule has 18 atom stereocenters. The van der Waals surface area contributed by atoms with Crippen LogP contribution >= 0.6 is 0 Å². The molecule has 2 N–H and O–H groups in total. The lowest BCUT2D eigenvalue weighted by Crippen LogP contribution is -2.64. The van der Waals surface area contributed by atoms with Crippen molar-refractivity contribution in [3.05, 3.63) is 0 Å². The molecule has 5 aliphatic carbocycles. The quantitative estimate of drug-likeness (QED) is 0.246. The fourth-order valence-corrected chi connectivity index (χ4v) is 14.9. The van der Waals surface area contributed by atoms with Gasteiger partial charge in [0.15, 0.2) is 18.2 Å². The fourth-order valence-electron chi connectivity index (χ4n) is 14.9. The summed E-state index contributed by atoms with van der Waals surface area (Å²) in [6.07, 6.45) is 2.84. The van der Waals surface area contributed by atoms with Crippen LogP contribution in [0.3, 0.4) is 0 Å². The molecule has 0 radical (unpaired) electrons. The number of epoxide rings is 1. The number of hydrogen-bond acceptors (Lipinski definition) is 11. The molecule has 5 saturated carbocycles. The molecule has 4 aliphatic heterocycles. The van der Waals surface area contributed by atoms with E-state index in [1.807, 2.05) is 0 Å². The van der Waals surface area contributed by atoms with E-state index < -0.39 is 36.4 Å². The van der Waals surface area contributed by atoms with Crippen molar-refractivity contribution >= 4 is 11.9 Å². The van der Waals surface area contributed by atoms with E-state index in [4.69, 9.17) is 33.2 Å². The average molecular weight is 703 g/mol. The molecular weight excluding hydrogens is 644 g/mol. The van der Waals surface area contributed by atoms with E-state index >= 15 is 0 Å². The highest BCUT2D eigenvalue weighted by Crippen LogP contribution is 2.89. The van der Waals surface area contributed by atoms with Gasteiger partial charge in [-0.15, -0.1) is 0 Å². The summed E-state index contributed by atoms with van der Waals surface area (Å²) in [6, 6.07) is 0. The Kier molecular flexibility index (Phi) is 7.19. The second kappa shape index (κ2) is 10.4. The molecule has 9 aliphatic rings. The minimum atomic E-state index is -1.29. The molecule has 9 rings (SSSR count). The molecule has 0 amide bonds. The Bertz CT molecular complexity index is 1470. The maximum atomic E-state index is 12.9. The second-order valence-electron chi connectivity index (χ2n) is 19.5. The lowest BCUT2D eigenvalue weighted by atomic mass is 9.41. The Labute approximate surface area is 295 Å². The third kappa shape index (κ3) is 4.17. The standard InChI is InChI=1S/C39H58O11/c1-19-13-39(32-35(7,50-32)18-45-39)49-23-14-34(6)25-10-9-24-33(4,5)26(48-31-29(43)30(47-21(3)41)22(42)16-44-31)11-12-37(24)17-38(25,37)15-27(46-20(2)40)36(34,8)28(19)23/h19,22-32,42-43H,9-18H2,1-8H3/t19-,22-,23+,24?,25?,26+,27-,28+,29-,30+,31+,32+,34+,35+,36-,37-,38+,39+/m1/s1. The number of carbonyl (C=O) groups excluding carboxylic acids is 2. The molecule has 0 bridgehead atoms.